The molecule has 0 aliphatic carbocycles. The molecule has 0 spiro atoms. The highest BCUT2D eigenvalue weighted by Crippen LogP contribution is 2.39. The van der Waals surface area contributed by atoms with Gasteiger partial charge < -0.3 is 9.84 Å². The van der Waals surface area contributed by atoms with Crippen molar-refractivity contribution in [3.8, 4) is 0 Å². The largest absolute Gasteiger partial charge is 0.392 e. The molecule has 0 saturated heterocycles. The van der Waals surface area contributed by atoms with Gasteiger partial charge in [-0.05, 0) is 28.4 Å². The second kappa shape index (κ2) is 4.70. The van der Waals surface area contributed by atoms with Gasteiger partial charge in [-0.25, -0.2) is 0 Å². The van der Waals surface area contributed by atoms with E-state index in [1.165, 1.54) is 0 Å². The Bertz CT molecular complexity index is 309. The van der Waals surface area contributed by atoms with Crippen molar-refractivity contribution in [2.75, 3.05) is 13.2 Å². The lowest BCUT2D eigenvalue weighted by atomic mass is 9.97. The summed E-state index contributed by atoms with van der Waals surface area (Å²) < 4.78 is 6.47. The molecule has 0 aromatic carbocycles. The van der Waals surface area contributed by atoms with Crippen LogP contribution in [0.4, 0.5) is 0 Å². The molecular weight excluding hydrogens is 316 g/mol. The van der Waals surface area contributed by atoms with Gasteiger partial charge in [0, 0.05) is 4.48 Å². The fourth-order valence-corrected chi connectivity index (χ4v) is 2.14. The number of rotatable bonds is 3. The van der Waals surface area contributed by atoms with Gasteiger partial charge >= 0.3 is 0 Å². The zero-order valence-electron chi connectivity index (χ0n) is 7.59. The Morgan fingerprint density at radius 2 is 2.43 bits per heavy atom. The summed E-state index contributed by atoms with van der Waals surface area (Å²) >= 11 is 6.41. The van der Waals surface area contributed by atoms with Gasteiger partial charge in [0.15, 0.2) is 6.29 Å². The summed E-state index contributed by atoms with van der Waals surface area (Å²) in [4.78, 5) is 10.6. The minimum absolute atomic E-state index is 0.0786. The maximum absolute atomic E-state index is 10.6. The smallest absolute Gasteiger partial charge is 0.157 e. The fourth-order valence-electron chi connectivity index (χ4n) is 1.30. The topological polar surface area (TPSA) is 46.5 Å². The summed E-state index contributed by atoms with van der Waals surface area (Å²) in [6.07, 6.45) is 2.50. The normalized spacial score (nSPS) is 28.4. The van der Waals surface area contributed by atoms with Crippen LogP contribution in [0.15, 0.2) is 20.6 Å². The SMILES string of the molecule is C[C@@]1(/C(Br)=C(\Br)C=O)OCC=C1CO. The van der Waals surface area contributed by atoms with Crippen LogP contribution in [0.1, 0.15) is 6.92 Å². The van der Waals surface area contributed by atoms with E-state index >= 15 is 0 Å². The van der Waals surface area contributed by atoms with Crippen molar-refractivity contribution in [2.45, 2.75) is 12.5 Å². The van der Waals surface area contributed by atoms with Crippen molar-refractivity contribution in [1.29, 1.82) is 0 Å². The first kappa shape index (κ1) is 12.1. The highest BCUT2D eigenvalue weighted by atomic mass is 79.9. The van der Waals surface area contributed by atoms with Gasteiger partial charge in [0.25, 0.3) is 0 Å². The van der Waals surface area contributed by atoms with Crippen molar-refractivity contribution >= 4 is 38.1 Å². The van der Waals surface area contributed by atoms with Crippen LogP contribution < -0.4 is 0 Å². The van der Waals surface area contributed by atoms with Gasteiger partial charge in [0.05, 0.1) is 17.7 Å². The van der Waals surface area contributed by atoms with Gasteiger partial charge in [0.2, 0.25) is 0 Å². The monoisotopic (exact) mass is 324 g/mol. The van der Waals surface area contributed by atoms with E-state index in [-0.39, 0.29) is 6.61 Å². The van der Waals surface area contributed by atoms with Crippen LogP contribution in [0.5, 0.6) is 0 Å². The van der Waals surface area contributed by atoms with E-state index in [1.54, 1.807) is 6.92 Å². The molecule has 1 atom stereocenters. The molecular formula is C9H10Br2O3. The first-order chi connectivity index (χ1) is 6.56. The number of carbonyl (C=O) groups is 1. The highest BCUT2D eigenvalue weighted by molar-refractivity contribution is 9.14. The summed E-state index contributed by atoms with van der Waals surface area (Å²) in [5, 5.41) is 9.11. The molecule has 1 aliphatic rings. The van der Waals surface area contributed by atoms with Gasteiger partial charge in [-0.2, -0.15) is 0 Å². The summed E-state index contributed by atoms with van der Waals surface area (Å²) in [6.45, 7) is 2.17. The lowest BCUT2D eigenvalue weighted by Gasteiger charge is -2.26. The van der Waals surface area contributed by atoms with E-state index in [4.69, 9.17) is 9.84 Å². The van der Waals surface area contributed by atoms with E-state index in [2.05, 4.69) is 31.9 Å². The average molecular weight is 326 g/mol. The molecule has 78 valence electrons. The molecule has 0 radical (unpaired) electrons. The van der Waals surface area contributed by atoms with Crippen LogP contribution in [-0.2, 0) is 9.53 Å². The molecule has 1 aliphatic heterocycles. The Morgan fingerprint density at radius 3 is 2.93 bits per heavy atom. The number of hydrogen-bond donors (Lipinski definition) is 1. The van der Waals surface area contributed by atoms with Crippen LogP contribution in [0, 0.1) is 0 Å². The molecule has 0 amide bonds. The molecule has 5 heteroatoms. The predicted molar refractivity (Wildman–Crippen MR) is 60.5 cm³/mol. The van der Waals surface area contributed by atoms with Crippen LogP contribution in [0.3, 0.4) is 0 Å². The molecule has 1 heterocycles. The molecule has 14 heavy (non-hydrogen) atoms. The van der Waals surface area contributed by atoms with Crippen molar-refractivity contribution < 1.29 is 14.6 Å². The number of aliphatic hydroxyl groups excluding tert-OH is 1. The Kier molecular flexibility index (Phi) is 4.06. The third-order valence-corrected chi connectivity index (χ3v) is 4.52. The molecule has 0 fully saturated rings. The molecule has 0 saturated carbocycles. The lowest BCUT2D eigenvalue weighted by molar-refractivity contribution is -0.104. The molecule has 0 aromatic rings. The fraction of sp³-hybridized carbons (Fsp3) is 0.444. The second-order valence-corrected chi connectivity index (χ2v) is 4.66. The zero-order chi connectivity index (χ0) is 10.8. The Balaban J connectivity index is 3.08. The summed E-state index contributed by atoms with van der Waals surface area (Å²) in [5.74, 6) is 0. The zero-order valence-corrected chi connectivity index (χ0v) is 10.8. The van der Waals surface area contributed by atoms with Crippen molar-refractivity contribution in [1.82, 2.24) is 0 Å². The number of allylic oxidation sites excluding steroid dienone is 1. The maximum atomic E-state index is 10.6. The van der Waals surface area contributed by atoms with Gasteiger partial charge in [-0.1, -0.05) is 22.0 Å². The minimum atomic E-state index is -0.728. The second-order valence-electron chi connectivity index (χ2n) is 3.01. The summed E-state index contributed by atoms with van der Waals surface area (Å²) in [5.41, 5.74) is 0.0253. The first-order valence-electron chi connectivity index (χ1n) is 4.01. The quantitative estimate of drug-likeness (QED) is 0.490. The van der Waals surface area contributed by atoms with E-state index in [0.29, 0.717) is 21.9 Å². The van der Waals surface area contributed by atoms with Gasteiger partial charge in [-0.3, -0.25) is 4.79 Å². The van der Waals surface area contributed by atoms with Crippen LogP contribution in [0.25, 0.3) is 0 Å². The first-order valence-corrected chi connectivity index (χ1v) is 5.60. The Labute approximate surface area is 99.1 Å². The maximum Gasteiger partial charge on any atom is 0.157 e. The third-order valence-electron chi connectivity index (χ3n) is 2.22. The van der Waals surface area contributed by atoms with Gasteiger partial charge in [-0.15, -0.1) is 0 Å². The lowest BCUT2D eigenvalue weighted by Crippen LogP contribution is -2.29. The minimum Gasteiger partial charge on any atom is -0.392 e. The van der Waals surface area contributed by atoms with Crippen LogP contribution in [0.2, 0.25) is 0 Å². The predicted octanol–water partition coefficient (Wildman–Crippen LogP) is 1.89. The molecule has 0 bridgehead atoms. The molecule has 1 N–H and O–H groups in total. The Hall–Kier alpha value is 0.0300. The number of ether oxygens (including phenoxy) is 1. The third kappa shape index (κ3) is 2.00. The van der Waals surface area contributed by atoms with Crippen molar-refractivity contribution in [3.63, 3.8) is 0 Å². The number of halogens is 2. The number of aldehydes is 1. The molecule has 0 aromatic heterocycles. The van der Waals surface area contributed by atoms with Crippen molar-refractivity contribution in [3.05, 3.63) is 20.6 Å². The number of hydrogen-bond acceptors (Lipinski definition) is 3. The van der Waals surface area contributed by atoms with E-state index in [0.717, 1.165) is 5.57 Å². The van der Waals surface area contributed by atoms with Crippen molar-refractivity contribution in [2.24, 2.45) is 0 Å². The number of aliphatic hydroxyl groups is 1. The molecule has 0 unspecified atom stereocenters. The molecule has 1 rings (SSSR count). The highest BCUT2D eigenvalue weighted by Gasteiger charge is 2.37. The summed E-state index contributed by atoms with van der Waals surface area (Å²) in [7, 11) is 0. The summed E-state index contributed by atoms with van der Waals surface area (Å²) in [6, 6.07) is 0. The average Bonchev–Trinajstić information content (AvgIpc) is 2.58. The Morgan fingerprint density at radius 1 is 1.79 bits per heavy atom. The van der Waals surface area contributed by atoms with Crippen LogP contribution >= 0.6 is 31.9 Å². The molecule has 3 nitrogen and oxygen atoms in total. The van der Waals surface area contributed by atoms with Gasteiger partial charge in [0.1, 0.15) is 5.60 Å². The van der Waals surface area contributed by atoms with E-state index < -0.39 is 5.60 Å². The van der Waals surface area contributed by atoms with Crippen LogP contribution in [-0.4, -0.2) is 30.2 Å². The standard InChI is InChI=1S/C9H10Br2O3/c1-9(8(11)7(10)5-13)6(4-12)2-3-14-9/h2,5,12H,3-4H2,1H3/b8-7+/t9-/m1/s1. The number of carbonyl (C=O) groups excluding carboxylic acids is 1. The van der Waals surface area contributed by atoms with E-state index in [1.807, 2.05) is 6.08 Å². The van der Waals surface area contributed by atoms with E-state index in [9.17, 15) is 4.79 Å².